The molecule has 1 heterocycles. The van der Waals surface area contributed by atoms with Crippen LogP contribution >= 0.6 is 0 Å². The molecular weight excluding hydrogens is 272 g/mol. The fourth-order valence-corrected chi connectivity index (χ4v) is 1.57. The molecule has 7 nitrogen and oxygen atoms in total. The SMILES string of the molecule is CC(C)C(C)(C)CNC(=O)NC(C(=O)O)c1cnn(C)c1. The summed E-state index contributed by atoms with van der Waals surface area (Å²) in [6.07, 6.45) is 2.99. The topological polar surface area (TPSA) is 96.2 Å². The minimum atomic E-state index is -1.12. The first kappa shape index (κ1) is 17.0. The van der Waals surface area contributed by atoms with E-state index in [2.05, 4.69) is 29.6 Å². The Morgan fingerprint density at radius 1 is 1.43 bits per heavy atom. The molecule has 0 aliphatic heterocycles. The molecule has 0 spiro atoms. The molecule has 1 aromatic rings. The quantitative estimate of drug-likeness (QED) is 0.741. The molecule has 0 aromatic carbocycles. The number of amides is 2. The summed E-state index contributed by atoms with van der Waals surface area (Å²) >= 11 is 0. The van der Waals surface area contributed by atoms with Gasteiger partial charge in [-0.3, -0.25) is 4.68 Å². The maximum absolute atomic E-state index is 11.9. The number of hydrogen-bond acceptors (Lipinski definition) is 3. The summed E-state index contributed by atoms with van der Waals surface area (Å²) in [5, 5.41) is 18.3. The van der Waals surface area contributed by atoms with Gasteiger partial charge in [0.2, 0.25) is 0 Å². The fourth-order valence-electron chi connectivity index (χ4n) is 1.57. The van der Waals surface area contributed by atoms with E-state index in [9.17, 15) is 14.7 Å². The van der Waals surface area contributed by atoms with Crippen LogP contribution < -0.4 is 10.6 Å². The van der Waals surface area contributed by atoms with Crippen molar-refractivity contribution < 1.29 is 14.7 Å². The van der Waals surface area contributed by atoms with Crippen LogP contribution in [0.15, 0.2) is 12.4 Å². The Morgan fingerprint density at radius 3 is 2.48 bits per heavy atom. The van der Waals surface area contributed by atoms with Gasteiger partial charge < -0.3 is 15.7 Å². The van der Waals surface area contributed by atoms with Gasteiger partial charge in [0.25, 0.3) is 0 Å². The largest absolute Gasteiger partial charge is 0.479 e. The second-order valence-corrected chi connectivity index (χ2v) is 6.19. The lowest BCUT2D eigenvalue weighted by Crippen LogP contribution is -2.45. The number of aryl methyl sites for hydroxylation is 1. The van der Waals surface area contributed by atoms with Gasteiger partial charge in [-0.15, -0.1) is 0 Å². The Bertz CT molecular complexity index is 508. The van der Waals surface area contributed by atoms with Crippen LogP contribution in [0.1, 0.15) is 39.3 Å². The highest BCUT2D eigenvalue weighted by Crippen LogP contribution is 2.24. The standard InChI is InChI=1S/C14H24N4O3/c1-9(2)14(3,4)8-15-13(21)17-11(12(19)20)10-6-16-18(5)7-10/h6-7,9,11H,8H2,1-5H3,(H,19,20)(H2,15,17,21). The Balaban J connectivity index is 2.64. The number of carboxylic acids is 1. The van der Waals surface area contributed by atoms with Gasteiger partial charge >= 0.3 is 12.0 Å². The Kier molecular flexibility index (Phi) is 5.34. The third-order valence-electron chi connectivity index (χ3n) is 3.85. The molecule has 0 aliphatic rings. The van der Waals surface area contributed by atoms with E-state index in [-0.39, 0.29) is 5.41 Å². The van der Waals surface area contributed by atoms with E-state index in [1.807, 2.05) is 13.8 Å². The first-order valence-electron chi connectivity index (χ1n) is 6.89. The summed E-state index contributed by atoms with van der Waals surface area (Å²) in [6, 6.07) is -1.61. The third kappa shape index (κ3) is 4.77. The van der Waals surface area contributed by atoms with Crippen LogP contribution in [0.4, 0.5) is 4.79 Å². The molecule has 1 aromatic heterocycles. The highest BCUT2D eigenvalue weighted by atomic mass is 16.4. The highest BCUT2D eigenvalue weighted by molar-refractivity contribution is 5.83. The molecule has 1 rings (SSSR count). The maximum Gasteiger partial charge on any atom is 0.331 e. The van der Waals surface area contributed by atoms with Crippen molar-refractivity contribution in [2.24, 2.45) is 18.4 Å². The minimum Gasteiger partial charge on any atom is -0.479 e. The van der Waals surface area contributed by atoms with Crippen molar-refractivity contribution in [3.63, 3.8) is 0 Å². The molecule has 0 fully saturated rings. The predicted octanol–water partition coefficient (Wildman–Crippen LogP) is 1.53. The van der Waals surface area contributed by atoms with E-state index in [4.69, 9.17) is 0 Å². The maximum atomic E-state index is 11.9. The van der Waals surface area contributed by atoms with Crippen LogP contribution in [0.5, 0.6) is 0 Å². The summed E-state index contributed by atoms with van der Waals surface area (Å²) < 4.78 is 1.49. The van der Waals surface area contributed by atoms with E-state index < -0.39 is 18.0 Å². The fraction of sp³-hybridized carbons (Fsp3) is 0.643. The third-order valence-corrected chi connectivity index (χ3v) is 3.85. The lowest BCUT2D eigenvalue weighted by Gasteiger charge is -2.29. The molecule has 21 heavy (non-hydrogen) atoms. The van der Waals surface area contributed by atoms with E-state index in [1.165, 1.54) is 10.9 Å². The van der Waals surface area contributed by atoms with Crippen LogP contribution in [-0.2, 0) is 11.8 Å². The summed E-state index contributed by atoms with van der Waals surface area (Å²) in [4.78, 5) is 23.2. The van der Waals surface area contributed by atoms with Crippen LogP contribution in [0.25, 0.3) is 0 Å². The molecule has 1 atom stereocenters. The van der Waals surface area contributed by atoms with Crippen molar-refractivity contribution in [1.29, 1.82) is 0 Å². The molecule has 0 radical (unpaired) electrons. The monoisotopic (exact) mass is 296 g/mol. The number of nitrogens with zero attached hydrogens (tertiary/aromatic N) is 2. The first-order valence-corrected chi connectivity index (χ1v) is 6.89. The first-order chi connectivity index (χ1) is 9.63. The Hall–Kier alpha value is -2.05. The van der Waals surface area contributed by atoms with Gasteiger partial charge in [-0.25, -0.2) is 9.59 Å². The zero-order valence-corrected chi connectivity index (χ0v) is 13.2. The van der Waals surface area contributed by atoms with Crippen LogP contribution in [0.2, 0.25) is 0 Å². The molecule has 0 saturated carbocycles. The number of aliphatic carboxylic acids is 1. The van der Waals surface area contributed by atoms with Crippen molar-refractivity contribution >= 4 is 12.0 Å². The van der Waals surface area contributed by atoms with Gasteiger partial charge in [0.15, 0.2) is 6.04 Å². The highest BCUT2D eigenvalue weighted by Gasteiger charge is 2.26. The van der Waals surface area contributed by atoms with E-state index in [1.54, 1.807) is 13.2 Å². The summed E-state index contributed by atoms with van der Waals surface area (Å²) in [5.41, 5.74) is 0.368. The van der Waals surface area contributed by atoms with Gasteiger partial charge in [-0.1, -0.05) is 27.7 Å². The molecule has 3 N–H and O–H groups in total. The van der Waals surface area contributed by atoms with Crippen molar-refractivity contribution in [2.75, 3.05) is 6.54 Å². The number of nitrogens with one attached hydrogen (secondary N) is 2. The zero-order valence-electron chi connectivity index (χ0n) is 13.2. The Morgan fingerprint density at radius 2 is 2.05 bits per heavy atom. The minimum absolute atomic E-state index is 0.0651. The number of hydrogen-bond donors (Lipinski definition) is 3. The zero-order chi connectivity index (χ0) is 16.2. The van der Waals surface area contributed by atoms with Gasteiger partial charge in [0.1, 0.15) is 0 Å². The Labute approximate surface area is 124 Å². The van der Waals surface area contributed by atoms with E-state index >= 15 is 0 Å². The molecule has 118 valence electrons. The molecule has 2 amide bonds. The molecular formula is C14H24N4O3. The number of urea groups is 1. The lowest BCUT2D eigenvalue weighted by atomic mass is 9.81. The second-order valence-electron chi connectivity index (χ2n) is 6.19. The van der Waals surface area contributed by atoms with Gasteiger partial charge in [-0.05, 0) is 11.3 Å². The average molecular weight is 296 g/mol. The van der Waals surface area contributed by atoms with Crippen molar-refractivity contribution in [3.8, 4) is 0 Å². The van der Waals surface area contributed by atoms with Crippen molar-refractivity contribution in [2.45, 2.75) is 33.7 Å². The molecule has 0 bridgehead atoms. The smallest absolute Gasteiger partial charge is 0.331 e. The summed E-state index contributed by atoms with van der Waals surface area (Å²) in [6.45, 7) is 8.72. The predicted molar refractivity (Wildman–Crippen MR) is 78.7 cm³/mol. The summed E-state index contributed by atoms with van der Waals surface area (Å²) in [7, 11) is 1.69. The second kappa shape index (κ2) is 6.60. The summed E-state index contributed by atoms with van der Waals surface area (Å²) in [5.74, 6) is -0.729. The molecule has 1 unspecified atom stereocenters. The van der Waals surface area contributed by atoms with Crippen LogP contribution in [0.3, 0.4) is 0 Å². The van der Waals surface area contributed by atoms with Crippen LogP contribution in [-0.4, -0.2) is 33.4 Å². The van der Waals surface area contributed by atoms with E-state index in [0.29, 0.717) is 18.0 Å². The molecule has 0 saturated heterocycles. The number of carboxylic acid groups (broad SMARTS) is 1. The number of aromatic nitrogens is 2. The van der Waals surface area contributed by atoms with Gasteiger partial charge in [0.05, 0.1) is 6.20 Å². The van der Waals surface area contributed by atoms with Gasteiger partial charge in [-0.2, -0.15) is 5.10 Å². The van der Waals surface area contributed by atoms with Gasteiger partial charge in [0, 0.05) is 25.4 Å². The van der Waals surface area contributed by atoms with Crippen molar-refractivity contribution in [1.82, 2.24) is 20.4 Å². The van der Waals surface area contributed by atoms with Crippen LogP contribution in [0, 0.1) is 11.3 Å². The number of rotatable bonds is 6. The number of carbonyl (C=O) groups excluding carboxylic acids is 1. The normalized spacial score (nSPS) is 13.0. The number of carbonyl (C=O) groups is 2. The lowest BCUT2D eigenvalue weighted by molar-refractivity contribution is -0.139. The molecule has 7 heteroatoms. The van der Waals surface area contributed by atoms with E-state index in [0.717, 1.165) is 0 Å². The average Bonchev–Trinajstić information content (AvgIpc) is 2.79. The molecule has 0 aliphatic carbocycles. The van der Waals surface area contributed by atoms with Crippen molar-refractivity contribution in [3.05, 3.63) is 18.0 Å².